The van der Waals surface area contributed by atoms with Crippen LogP contribution in [0.1, 0.15) is 25.8 Å². The molecule has 0 bridgehead atoms. The van der Waals surface area contributed by atoms with E-state index in [2.05, 4.69) is 19.2 Å². The first-order valence-electron chi connectivity index (χ1n) is 5.94. The Morgan fingerprint density at radius 1 is 1.47 bits per heavy atom. The maximum atomic E-state index is 11.8. The second kappa shape index (κ2) is 4.40. The number of carbonyl (C=O) groups excluding carboxylic acids is 1. The van der Waals surface area contributed by atoms with E-state index in [1.807, 2.05) is 24.3 Å². The third kappa shape index (κ3) is 2.60. The minimum Gasteiger partial charge on any atom is -0.496 e. The van der Waals surface area contributed by atoms with Crippen molar-refractivity contribution in [1.82, 2.24) is 5.32 Å². The summed E-state index contributed by atoms with van der Waals surface area (Å²) in [7, 11) is 1.64. The Kier molecular flexibility index (Phi) is 3.09. The Hall–Kier alpha value is -1.51. The molecule has 1 saturated carbocycles. The lowest BCUT2D eigenvalue weighted by Gasteiger charge is -2.10. The fourth-order valence-corrected chi connectivity index (χ4v) is 2.07. The molecule has 17 heavy (non-hydrogen) atoms. The molecular formula is C14H19NO2. The average Bonchev–Trinajstić information content (AvgIpc) is 2.96. The van der Waals surface area contributed by atoms with Crippen LogP contribution in [0.2, 0.25) is 0 Å². The molecule has 1 aliphatic carbocycles. The summed E-state index contributed by atoms with van der Waals surface area (Å²) in [5.74, 6) is 1.15. The molecule has 0 spiro atoms. The molecule has 1 aromatic carbocycles. The van der Waals surface area contributed by atoms with Gasteiger partial charge in [-0.05, 0) is 17.9 Å². The Bertz CT molecular complexity index is 426. The fourth-order valence-electron chi connectivity index (χ4n) is 2.07. The van der Waals surface area contributed by atoms with Crippen LogP contribution >= 0.6 is 0 Å². The number of rotatable bonds is 4. The van der Waals surface area contributed by atoms with E-state index in [0.29, 0.717) is 6.54 Å². The Morgan fingerprint density at radius 2 is 2.12 bits per heavy atom. The SMILES string of the molecule is COc1ccccc1CNC(=O)[C@H]1CC1(C)C. The van der Waals surface area contributed by atoms with Crippen molar-refractivity contribution in [1.29, 1.82) is 0 Å². The lowest BCUT2D eigenvalue weighted by Crippen LogP contribution is -2.26. The van der Waals surface area contributed by atoms with E-state index in [1.54, 1.807) is 7.11 Å². The predicted octanol–water partition coefficient (Wildman–Crippen LogP) is 2.36. The van der Waals surface area contributed by atoms with Gasteiger partial charge in [-0.15, -0.1) is 0 Å². The summed E-state index contributed by atoms with van der Waals surface area (Å²) in [5.41, 5.74) is 1.20. The molecule has 0 aliphatic heterocycles. The van der Waals surface area contributed by atoms with Gasteiger partial charge in [0.15, 0.2) is 0 Å². The zero-order valence-corrected chi connectivity index (χ0v) is 10.6. The summed E-state index contributed by atoms with van der Waals surface area (Å²) in [6.07, 6.45) is 0.991. The number of hydrogen-bond donors (Lipinski definition) is 1. The van der Waals surface area contributed by atoms with E-state index in [-0.39, 0.29) is 17.2 Å². The summed E-state index contributed by atoms with van der Waals surface area (Å²) in [6.45, 7) is 4.79. The van der Waals surface area contributed by atoms with Crippen molar-refractivity contribution in [2.75, 3.05) is 7.11 Å². The van der Waals surface area contributed by atoms with Gasteiger partial charge in [0, 0.05) is 18.0 Å². The second-order valence-electron chi connectivity index (χ2n) is 5.27. The molecule has 1 N–H and O–H groups in total. The molecule has 1 atom stereocenters. The fraction of sp³-hybridized carbons (Fsp3) is 0.500. The normalized spacial score (nSPS) is 20.8. The van der Waals surface area contributed by atoms with Crippen molar-refractivity contribution in [3.63, 3.8) is 0 Å². The lowest BCUT2D eigenvalue weighted by atomic mass is 10.1. The van der Waals surface area contributed by atoms with Gasteiger partial charge in [-0.25, -0.2) is 0 Å². The molecule has 3 nitrogen and oxygen atoms in total. The molecule has 1 fully saturated rings. The van der Waals surface area contributed by atoms with Gasteiger partial charge in [-0.2, -0.15) is 0 Å². The Labute approximate surface area is 102 Å². The maximum Gasteiger partial charge on any atom is 0.223 e. The number of nitrogens with one attached hydrogen (secondary N) is 1. The molecular weight excluding hydrogens is 214 g/mol. The summed E-state index contributed by atoms with van der Waals surface area (Å²) in [5, 5.41) is 2.97. The van der Waals surface area contributed by atoms with Crippen molar-refractivity contribution in [3.8, 4) is 5.75 Å². The van der Waals surface area contributed by atoms with Gasteiger partial charge in [0.25, 0.3) is 0 Å². The third-order valence-electron chi connectivity index (χ3n) is 3.48. The minimum atomic E-state index is 0.154. The van der Waals surface area contributed by atoms with Crippen molar-refractivity contribution in [3.05, 3.63) is 29.8 Å². The predicted molar refractivity (Wildman–Crippen MR) is 66.7 cm³/mol. The smallest absolute Gasteiger partial charge is 0.223 e. The van der Waals surface area contributed by atoms with Crippen molar-refractivity contribution >= 4 is 5.91 Å². The quantitative estimate of drug-likeness (QED) is 0.867. The first kappa shape index (κ1) is 12.0. The van der Waals surface area contributed by atoms with Crippen LogP contribution in [0, 0.1) is 11.3 Å². The topological polar surface area (TPSA) is 38.3 Å². The molecule has 2 rings (SSSR count). The number of benzene rings is 1. The second-order valence-corrected chi connectivity index (χ2v) is 5.27. The minimum absolute atomic E-state index is 0.154. The number of methoxy groups -OCH3 is 1. The van der Waals surface area contributed by atoms with Gasteiger partial charge >= 0.3 is 0 Å². The number of para-hydroxylation sites is 1. The Morgan fingerprint density at radius 3 is 2.71 bits per heavy atom. The average molecular weight is 233 g/mol. The molecule has 1 aliphatic rings. The molecule has 0 radical (unpaired) electrons. The molecule has 92 valence electrons. The van der Waals surface area contributed by atoms with Crippen LogP contribution in [0.15, 0.2) is 24.3 Å². The lowest BCUT2D eigenvalue weighted by molar-refractivity contribution is -0.123. The zero-order valence-electron chi connectivity index (χ0n) is 10.6. The molecule has 0 aromatic heterocycles. The van der Waals surface area contributed by atoms with Crippen LogP contribution in [0.25, 0.3) is 0 Å². The highest BCUT2D eigenvalue weighted by Crippen LogP contribution is 2.51. The standard InChI is InChI=1S/C14H19NO2/c1-14(2)8-11(14)13(16)15-9-10-6-4-5-7-12(10)17-3/h4-7,11H,8-9H2,1-3H3,(H,15,16)/t11-/m1/s1. The summed E-state index contributed by atoms with van der Waals surface area (Å²) in [4.78, 5) is 11.8. The van der Waals surface area contributed by atoms with Gasteiger partial charge in [0.1, 0.15) is 5.75 Å². The Balaban J connectivity index is 1.92. The maximum absolute atomic E-state index is 11.8. The molecule has 1 aromatic rings. The van der Waals surface area contributed by atoms with Gasteiger partial charge in [-0.3, -0.25) is 4.79 Å². The zero-order chi connectivity index (χ0) is 12.5. The van der Waals surface area contributed by atoms with Crippen LogP contribution in [-0.2, 0) is 11.3 Å². The highest BCUT2D eigenvalue weighted by molar-refractivity contribution is 5.82. The number of hydrogen-bond acceptors (Lipinski definition) is 2. The van der Waals surface area contributed by atoms with Crippen LogP contribution in [0.3, 0.4) is 0 Å². The molecule has 0 saturated heterocycles. The number of amides is 1. The number of ether oxygens (including phenoxy) is 1. The van der Waals surface area contributed by atoms with E-state index in [0.717, 1.165) is 17.7 Å². The van der Waals surface area contributed by atoms with E-state index >= 15 is 0 Å². The highest BCUT2D eigenvalue weighted by Gasteiger charge is 2.50. The van der Waals surface area contributed by atoms with Crippen LogP contribution in [-0.4, -0.2) is 13.0 Å². The molecule has 0 unspecified atom stereocenters. The van der Waals surface area contributed by atoms with E-state index in [9.17, 15) is 4.79 Å². The first-order chi connectivity index (χ1) is 8.04. The van der Waals surface area contributed by atoms with E-state index in [4.69, 9.17) is 4.74 Å². The monoisotopic (exact) mass is 233 g/mol. The molecule has 3 heteroatoms. The van der Waals surface area contributed by atoms with Crippen LogP contribution in [0.5, 0.6) is 5.75 Å². The van der Waals surface area contributed by atoms with Gasteiger partial charge in [-0.1, -0.05) is 32.0 Å². The van der Waals surface area contributed by atoms with Gasteiger partial charge in [0.05, 0.1) is 7.11 Å². The van der Waals surface area contributed by atoms with Crippen LogP contribution < -0.4 is 10.1 Å². The van der Waals surface area contributed by atoms with E-state index in [1.165, 1.54) is 0 Å². The molecule has 0 heterocycles. The van der Waals surface area contributed by atoms with Crippen LogP contribution in [0.4, 0.5) is 0 Å². The van der Waals surface area contributed by atoms with E-state index < -0.39 is 0 Å². The largest absolute Gasteiger partial charge is 0.496 e. The highest BCUT2D eigenvalue weighted by atomic mass is 16.5. The van der Waals surface area contributed by atoms with Gasteiger partial charge < -0.3 is 10.1 Å². The van der Waals surface area contributed by atoms with Crippen molar-refractivity contribution in [2.45, 2.75) is 26.8 Å². The first-order valence-corrected chi connectivity index (χ1v) is 5.94. The van der Waals surface area contributed by atoms with Gasteiger partial charge in [0.2, 0.25) is 5.91 Å². The van der Waals surface area contributed by atoms with Crippen molar-refractivity contribution in [2.24, 2.45) is 11.3 Å². The summed E-state index contributed by atoms with van der Waals surface area (Å²) >= 11 is 0. The molecule has 1 amide bonds. The van der Waals surface area contributed by atoms with Crippen molar-refractivity contribution < 1.29 is 9.53 Å². The summed E-state index contributed by atoms with van der Waals surface area (Å²) in [6, 6.07) is 7.75. The summed E-state index contributed by atoms with van der Waals surface area (Å²) < 4.78 is 5.24. The number of carbonyl (C=O) groups is 1. The third-order valence-corrected chi connectivity index (χ3v) is 3.48.